The van der Waals surface area contributed by atoms with Gasteiger partial charge in [-0.3, -0.25) is 0 Å². The SMILES string of the molecule is CC(N)Cc1cc(OCCN(C)C)ccc1Br. The van der Waals surface area contributed by atoms with Crippen LogP contribution in [0.2, 0.25) is 0 Å². The molecule has 0 heterocycles. The second-order valence-corrected chi connectivity index (χ2v) is 5.44. The smallest absolute Gasteiger partial charge is 0.119 e. The van der Waals surface area contributed by atoms with Gasteiger partial charge in [0.1, 0.15) is 12.4 Å². The van der Waals surface area contributed by atoms with E-state index in [4.69, 9.17) is 10.5 Å². The Morgan fingerprint density at radius 3 is 2.71 bits per heavy atom. The fourth-order valence-electron chi connectivity index (χ4n) is 1.49. The maximum Gasteiger partial charge on any atom is 0.119 e. The molecule has 4 heteroatoms. The summed E-state index contributed by atoms with van der Waals surface area (Å²) in [5.41, 5.74) is 7.01. The average molecular weight is 301 g/mol. The van der Waals surface area contributed by atoms with E-state index in [9.17, 15) is 0 Å². The monoisotopic (exact) mass is 300 g/mol. The van der Waals surface area contributed by atoms with E-state index < -0.39 is 0 Å². The minimum absolute atomic E-state index is 0.156. The Hall–Kier alpha value is -0.580. The number of benzene rings is 1. The Morgan fingerprint density at radius 1 is 1.41 bits per heavy atom. The fourth-order valence-corrected chi connectivity index (χ4v) is 1.90. The summed E-state index contributed by atoms with van der Waals surface area (Å²) in [6.45, 7) is 3.62. The van der Waals surface area contributed by atoms with Crippen LogP contribution in [-0.2, 0) is 6.42 Å². The third-order valence-electron chi connectivity index (χ3n) is 2.37. The third-order valence-corrected chi connectivity index (χ3v) is 3.14. The molecule has 0 saturated heterocycles. The lowest BCUT2D eigenvalue weighted by Crippen LogP contribution is -2.20. The first kappa shape index (κ1) is 14.5. The molecule has 1 aromatic carbocycles. The van der Waals surface area contributed by atoms with Gasteiger partial charge < -0.3 is 15.4 Å². The summed E-state index contributed by atoms with van der Waals surface area (Å²) >= 11 is 3.53. The van der Waals surface area contributed by atoms with Crippen LogP contribution in [0.15, 0.2) is 22.7 Å². The molecule has 0 amide bonds. The van der Waals surface area contributed by atoms with Crippen LogP contribution in [0, 0.1) is 0 Å². The first-order valence-electron chi connectivity index (χ1n) is 5.80. The van der Waals surface area contributed by atoms with Crippen molar-refractivity contribution in [1.82, 2.24) is 4.90 Å². The molecule has 1 aromatic rings. The lowest BCUT2D eigenvalue weighted by Gasteiger charge is -2.13. The van der Waals surface area contributed by atoms with Crippen LogP contribution < -0.4 is 10.5 Å². The predicted molar refractivity (Wildman–Crippen MR) is 75.5 cm³/mol. The van der Waals surface area contributed by atoms with Gasteiger partial charge in [0.2, 0.25) is 0 Å². The van der Waals surface area contributed by atoms with Gasteiger partial charge >= 0.3 is 0 Å². The van der Waals surface area contributed by atoms with Crippen LogP contribution >= 0.6 is 15.9 Å². The van der Waals surface area contributed by atoms with Crippen molar-refractivity contribution in [2.75, 3.05) is 27.2 Å². The Kier molecular flexibility index (Phi) is 5.95. The molecule has 0 aromatic heterocycles. The van der Waals surface area contributed by atoms with Crippen molar-refractivity contribution >= 4 is 15.9 Å². The first-order valence-corrected chi connectivity index (χ1v) is 6.60. The molecule has 0 spiro atoms. The van der Waals surface area contributed by atoms with E-state index in [0.717, 1.165) is 23.2 Å². The molecular weight excluding hydrogens is 280 g/mol. The van der Waals surface area contributed by atoms with Gasteiger partial charge in [-0.1, -0.05) is 15.9 Å². The van der Waals surface area contributed by atoms with Crippen LogP contribution in [0.5, 0.6) is 5.75 Å². The van der Waals surface area contributed by atoms with Gasteiger partial charge in [-0.05, 0) is 51.2 Å². The maximum absolute atomic E-state index is 5.81. The largest absolute Gasteiger partial charge is 0.492 e. The van der Waals surface area contributed by atoms with Gasteiger partial charge in [0.15, 0.2) is 0 Å². The van der Waals surface area contributed by atoms with Gasteiger partial charge in [-0.15, -0.1) is 0 Å². The van der Waals surface area contributed by atoms with Crippen molar-refractivity contribution in [2.24, 2.45) is 5.73 Å². The highest BCUT2D eigenvalue weighted by molar-refractivity contribution is 9.10. The Labute approximate surface area is 112 Å². The molecule has 96 valence electrons. The molecule has 0 aliphatic heterocycles. The topological polar surface area (TPSA) is 38.5 Å². The second kappa shape index (κ2) is 6.99. The van der Waals surface area contributed by atoms with Crippen molar-refractivity contribution in [3.05, 3.63) is 28.2 Å². The second-order valence-electron chi connectivity index (χ2n) is 4.59. The van der Waals surface area contributed by atoms with E-state index in [1.165, 1.54) is 5.56 Å². The van der Waals surface area contributed by atoms with Gasteiger partial charge in [-0.2, -0.15) is 0 Å². The van der Waals surface area contributed by atoms with E-state index in [1.54, 1.807) is 0 Å². The predicted octanol–water partition coefficient (Wildman–Crippen LogP) is 2.28. The van der Waals surface area contributed by atoms with Crippen LogP contribution in [0.25, 0.3) is 0 Å². The number of halogens is 1. The minimum atomic E-state index is 0.156. The van der Waals surface area contributed by atoms with E-state index in [0.29, 0.717) is 6.61 Å². The summed E-state index contributed by atoms with van der Waals surface area (Å²) in [5, 5.41) is 0. The van der Waals surface area contributed by atoms with E-state index in [-0.39, 0.29) is 6.04 Å². The summed E-state index contributed by atoms with van der Waals surface area (Å²) in [7, 11) is 4.07. The Balaban J connectivity index is 2.61. The van der Waals surface area contributed by atoms with Crippen molar-refractivity contribution in [1.29, 1.82) is 0 Å². The Bertz CT molecular complexity index is 353. The number of hydrogen-bond acceptors (Lipinski definition) is 3. The molecule has 3 nitrogen and oxygen atoms in total. The first-order chi connectivity index (χ1) is 7.99. The highest BCUT2D eigenvalue weighted by Crippen LogP contribution is 2.23. The van der Waals surface area contributed by atoms with Gasteiger partial charge in [0, 0.05) is 17.1 Å². The van der Waals surface area contributed by atoms with Crippen molar-refractivity contribution in [3.8, 4) is 5.75 Å². The van der Waals surface area contributed by atoms with Gasteiger partial charge in [-0.25, -0.2) is 0 Å². The number of rotatable bonds is 6. The van der Waals surface area contributed by atoms with Crippen LogP contribution in [0.1, 0.15) is 12.5 Å². The summed E-state index contributed by atoms with van der Waals surface area (Å²) in [6.07, 6.45) is 0.853. The number of hydrogen-bond donors (Lipinski definition) is 1. The normalized spacial score (nSPS) is 12.8. The van der Waals surface area contributed by atoms with Crippen molar-refractivity contribution in [3.63, 3.8) is 0 Å². The summed E-state index contributed by atoms with van der Waals surface area (Å²) in [4.78, 5) is 2.10. The molecule has 0 fully saturated rings. The molecule has 17 heavy (non-hydrogen) atoms. The molecule has 0 aliphatic carbocycles. The summed E-state index contributed by atoms with van der Waals surface area (Å²) < 4.78 is 6.78. The van der Waals surface area contributed by atoms with Crippen LogP contribution in [0.3, 0.4) is 0 Å². The highest BCUT2D eigenvalue weighted by atomic mass is 79.9. The fraction of sp³-hybridized carbons (Fsp3) is 0.538. The maximum atomic E-state index is 5.81. The van der Waals surface area contributed by atoms with Crippen molar-refractivity contribution < 1.29 is 4.74 Å². The van der Waals surface area contributed by atoms with Gasteiger partial charge in [0.25, 0.3) is 0 Å². The molecule has 1 rings (SSSR count). The average Bonchev–Trinajstić information content (AvgIpc) is 2.21. The third kappa shape index (κ3) is 5.52. The zero-order valence-electron chi connectivity index (χ0n) is 10.7. The molecule has 2 N–H and O–H groups in total. The lowest BCUT2D eigenvalue weighted by molar-refractivity contribution is 0.261. The van der Waals surface area contributed by atoms with Crippen LogP contribution in [-0.4, -0.2) is 38.2 Å². The molecule has 0 radical (unpaired) electrons. The van der Waals surface area contributed by atoms with Crippen LogP contribution in [0.4, 0.5) is 0 Å². The molecule has 0 aliphatic rings. The number of ether oxygens (including phenoxy) is 1. The molecule has 0 bridgehead atoms. The standard InChI is InChI=1S/C13H21BrN2O/c1-10(15)8-11-9-12(4-5-13(11)14)17-7-6-16(2)3/h4-5,9-10H,6-8,15H2,1-3H3. The highest BCUT2D eigenvalue weighted by Gasteiger charge is 2.05. The molecule has 0 saturated carbocycles. The van der Waals surface area contributed by atoms with E-state index in [1.807, 2.05) is 33.2 Å². The zero-order chi connectivity index (χ0) is 12.8. The quantitative estimate of drug-likeness (QED) is 0.876. The molecule has 1 atom stereocenters. The van der Waals surface area contributed by atoms with E-state index in [2.05, 4.69) is 26.9 Å². The molecule has 1 unspecified atom stereocenters. The summed E-state index contributed by atoms with van der Waals surface area (Å²) in [6, 6.07) is 6.21. The van der Waals surface area contributed by atoms with E-state index >= 15 is 0 Å². The number of nitrogens with two attached hydrogens (primary N) is 1. The Morgan fingerprint density at radius 2 is 2.12 bits per heavy atom. The molecular formula is C13H21BrN2O. The minimum Gasteiger partial charge on any atom is -0.492 e. The number of nitrogens with zero attached hydrogens (tertiary/aromatic N) is 1. The van der Waals surface area contributed by atoms with Crippen molar-refractivity contribution in [2.45, 2.75) is 19.4 Å². The van der Waals surface area contributed by atoms with Gasteiger partial charge in [0.05, 0.1) is 0 Å². The summed E-state index contributed by atoms with van der Waals surface area (Å²) in [5.74, 6) is 0.908. The zero-order valence-corrected chi connectivity index (χ0v) is 12.3. The number of likely N-dealkylation sites (N-methyl/N-ethyl adjacent to an activating group) is 1. The lowest BCUT2D eigenvalue weighted by atomic mass is 10.1.